The predicted molar refractivity (Wildman–Crippen MR) is 55.1 cm³/mol. The van der Waals surface area contributed by atoms with Crippen LogP contribution in [0.1, 0.15) is 22.8 Å². The van der Waals surface area contributed by atoms with Crippen molar-refractivity contribution in [2.75, 3.05) is 6.54 Å². The minimum Gasteiger partial charge on any atom is -0.392 e. The molecule has 0 fully saturated rings. The highest BCUT2D eigenvalue weighted by molar-refractivity contribution is 5.94. The van der Waals surface area contributed by atoms with Crippen LogP contribution in [0, 0.1) is 18.6 Å². The first-order valence-electron chi connectivity index (χ1n) is 4.84. The summed E-state index contributed by atoms with van der Waals surface area (Å²) in [7, 11) is 0. The first-order valence-corrected chi connectivity index (χ1v) is 4.84. The SMILES string of the molecule is Cc1ccc(F)c(C(=O)NCC(C)O)c1F. The Morgan fingerprint density at radius 3 is 2.69 bits per heavy atom. The molecule has 0 aliphatic carbocycles. The zero-order valence-corrected chi connectivity index (χ0v) is 9.05. The summed E-state index contributed by atoms with van der Waals surface area (Å²) in [6, 6.07) is 2.30. The van der Waals surface area contributed by atoms with E-state index in [1.54, 1.807) is 0 Å². The number of aryl methyl sites for hydroxylation is 1. The summed E-state index contributed by atoms with van der Waals surface area (Å²) < 4.78 is 26.7. The number of carbonyl (C=O) groups excluding carboxylic acids is 1. The fraction of sp³-hybridized carbons (Fsp3) is 0.364. The van der Waals surface area contributed by atoms with Gasteiger partial charge in [0.15, 0.2) is 0 Å². The van der Waals surface area contributed by atoms with Gasteiger partial charge in [0, 0.05) is 6.54 Å². The maximum Gasteiger partial charge on any atom is 0.257 e. The van der Waals surface area contributed by atoms with Crippen molar-refractivity contribution in [2.45, 2.75) is 20.0 Å². The molecule has 1 rings (SSSR count). The summed E-state index contributed by atoms with van der Waals surface area (Å²) in [6.07, 6.45) is -0.764. The summed E-state index contributed by atoms with van der Waals surface area (Å²) in [5, 5.41) is 11.2. The summed E-state index contributed by atoms with van der Waals surface area (Å²) in [5.41, 5.74) is -0.413. The van der Waals surface area contributed by atoms with E-state index in [1.807, 2.05) is 0 Å². The number of aliphatic hydroxyl groups excluding tert-OH is 1. The number of halogens is 2. The van der Waals surface area contributed by atoms with Crippen LogP contribution < -0.4 is 5.32 Å². The number of amides is 1. The Labute approximate surface area is 92.1 Å². The van der Waals surface area contributed by atoms with Gasteiger partial charge in [0.05, 0.1) is 6.10 Å². The van der Waals surface area contributed by atoms with Gasteiger partial charge in [0.25, 0.3) is 5.91 Å². The van der Waals surface area contributed by atoms with Crippen LogP contribution in [0.15, 0.2) is 12.1 Å². The third-order valence-electron chi connectivity index (χ3n) is 2.07. The molecule has 0 heterocycles. The van der Waals surface area contributed by atoms with E-state index in [0.29, 0.717) is 0 Å². The van der Waals surface area contributed by atoms with Crippen LogP contribution in [-0.4, -0.2) is 23.7 Å². The molecule has 1 unspecified atom stereocenters. The molecule has 2 N–H and O–H groups in total. The zero-order chi connectivity index (χ0) is 12.3. The van der Waals surface area contributed by atoms with E-state index in [1.165, 1.54) is 19.9 Å². The van der Waals surface area contributed by atoms with Crippen molar-refractivity contribution in [3.8, 4) is 0 Å². The van der Waals surface area contributed by atoms with E-state index in [9.17, 15) is 13.6 Å². The van der Waals surface area contributed by atoms with Crippen LogP contribution in [0.25, 0.3) is 0 Å². The molecular formula is C11H13F2NO2. The number of hydrogen-bond acceptors (Lipinski definition) is 2. The van der Waals surface area contributed by atoms with Crippen molar-refractivity contribution in [3.63, 3.8) is 0 Å². The second kappa shape index (κ2) is 5.03. The molecular weight excluding hydrogens is 216 g/mol. The largest absolute Gasteiger partial charge is 0.392 e. The van der Waals surface area contributed by atoms with Gasteiger partial charge in [-0.2, -0.15) is 0 Å². The average Bonchev–Trinajstić information content (AvgIpc) is 2.21. The molecule has 0 aliphatic heterocycles. The highest BCUT2D eigenvalue weighted by Crippen LogP contribution is 2.15. The van der Waals surface area contributed by atoms with Crippen LogP contribution >= 0.6 is 0 Å². The first kappa shape index (κ1) is 12.6. The topological polar surface area (TPSA) is 49.3 Å². The van der Waals surface area contributed by atoms with Crippen molar-refractivity contribution >= 4 is 5.91 Å². The third-order valence-corrected chi connectivity index (χ3v) is 2.07. The molecule has 0 saturated heterocycles. The van der Waals surface area contributed by atoms with E-state index in [0.717, 1.165) is 6.07 Å². The normalized spacial score (nSPS) is 12.3. The molecule has 3 nitrogen and oxygen atoms in total. The lowest BCUT2D eigenvalue weighted by Crippen LogP contribution is -2.32. The summed E-state index contributed by atoms with van der Waals surface area (Å²) in [4.78, 5) is 11.4. The van der Waals surface area contributed by atoms with E-state index in [2.05, 4.69) is 5.32 Å². The molecule has 1 atom stereocenters. The number of nitrogens with one attached hydrogen (secondary N) is 1. The van der Waals surface area contributed by atoms with Gasteiger partial charge in [-0.25, -0.2) is 8.78 Å². The minimum atomic E-state index is -0.911. The molecule has 16 heavy (non-hydrogen) atoms. The molecule has 0 aromatic heterocycles. The smallest absolute Gasteiger partial charge is 0.257 e. The molecule has 88 valence electrons. The van der Waals surface area contributed by atoms with Gasteiger partial charge >= 0.3 is 0 Å². The van der Waals surface area contributed by atoms with Gasteiger partial charge in [-0.1, -0.05) is 6.07 Å². The van der Waals surface area contributed by atoms with Gasteiger partial charge in [-0.15, -0.1) is 0 Å². The van der Waals surface area contributed by atoms with E-state index < -0.39 is 29.2 Å². The van der Waals surface area contributed by atoms with Gasteiger partial charge in [0.2, 0.25) is 0 Å². The van der Waals surface area contributed by atoms with E-state index >= 15 is 0 Å². The Morgan fingerprint density at radius 1 is 1.50 bits per heavy atom. The number of aliphatic hydroxyl groups is 1. The molecule has 0 saturated carbocycles. The quantitative estimate of drug-likeness (QED) is 0.822. The molecule has 0 radical (unpaired) electrons. The first-order chi connectivity index (χ1) is 7.43. The van der Waals surface area contributed by atoms with Crippen LogP contribution in [0.4, 0.5) is 8.78 Å². The van der Waals surface area contributed by atoms with Crippen LogP contribution in [0.5, 0.6) is 0 Å². The Kier molecular flexibility index (Phi) is 3.95. The van der Waals surface area contributed by atoms with Crippen molar-refractivity contribution in [3.05, 3.63) is 34.9 Å². The van der Waals surface area contributed by atoms with Crippen LogP contribution in [-0.2, 0) is 0 Å². The lowest BCUT2D eigenvalue weighted by molar-refractivity contribution is 0.0915. The lowest BCUT2D eigenvalue weighted by atomic mass is 10.1. The number of rotatable bonds is 3. The summed E-state index contributed by atoms with van der Waals surface area (Å²) in [5.74, 6) is -2.64. The molecule has 0 spiro atoms. The van der Waals surface area contributed by atoms with E-state index in [4.69, 9.17) is 5.11 Å². The van der Waals surface area contributed by atoms with E-state index in [-0.39, 0.29) is 12.1 Å². The second-order valence-corrected chi connectivity index (χ2v) is 3.61. The standard InChI is InChI=1S/C11H13F2NO2/c1-6-3-4-8(12)9(10(6)13)11(16)14-5-7(2)15/h3-4,7,15H,5H2,1-2H3,(H,14,16). The number of hydrogen-bond donors (Lipinski definition) is 2. The number of benzene rings is 1. The molecule has 1 amide bonds. The number of carbonyl (C=O) groups is 1. The lowest BCUT2D eigenvalue weighted by Gasteiger charge is -2.09. The summed E-state index contributed by atoms with van der Waals surface area (Å²) in [6.45, 7) is 2.86. The second-order valence-electron chi connectivity index (χ2n) is 3.61. The summed E-state index contributed by atoms with van der Waals surface area (Å²) >= 11 is 0. The van der Waals surface area contributed by atoms with Crippen molar-refractivity contribution in [2.24, 2.45) is 0 Å². The highest BCUT2D eigenvalue weighted by Gasteiger charge is 2.18. The Bertz CT molecular complexity index is 405. The van der Waals surface area contributed by atoms with Gasteiger partial charge in [-0.05, 0) is 25.5 Å². The maximum absolute atomic E-state index is 13.5. The monoisotopic (exact) mass is 229 g/mol. The average molecular weight is 229 g/mol. The fourth-order valence-corrected chi connectivity index (χ4v) is 1.19. The molecule has 0 aliphatic rings. The fourth-order valence-electron chi connectivity index (χ4n) is 1.19. The molecule has 1 aromatic rings. The minimum absolute atomic E-state index is 0.0499. The Morgan fingerprint density at radius 2 is 2.12 bits per heavy atom. The Hall–Kier alpha value is -1.49. The zero-order valence-electron chi connectivity index (χ0n) is 9.05. The van der Waals surface area contributed by atoms with Crippen molar-refractivity contribution in [1.29, 1.82) is 0 Å². The van der Waals surface area contributed by atoms with Gasteiger partial charge < -0.3 is 10.4 Å². The predicted octanol–water partition coefficient (Wildman–Crippen LogP) is 1.38. The molecule has 5 heteroatoms. The van der Waals surface area contributed by atoms with Crippen molar-refractivity contribution < 1.29 is 18.7 Å². The maximum atomic E-state index is 13.5. The van der Waals surface area contributed by atoms with Crippen LogP contribution in [0.3, 0.4) is 0 Å². The van der Waals surface area contributed by atoms with Crippen LogP contribution in [0.2, 0.25) is 0 Å². The Balaban J connectivity index is 2.95. The van der Waals surface area contributed by atoms with Gasteiger partial charge in [-0.3, -0.25) is 4.79 Å². The molecule has 0 bridgehead atoms. The van der Waals surface area contributed by atoms with Crippen molar-refractivity contribution in [1.82, 2.24) is 5.32 Å². The molecule has 1 aromatic carbocycles. The third kappa shape index (κ3) is 2.76. The highest BCUT2D eigenvalue weighted by atomic mass is 19.1. The van der Waals surface area contributed by atoms with Gasteiger partial charge in [0.1, 0.15) is 17.2 Å².